The summed E-state index contributed by atoms with van der Waals surface area (Å²) in [5.74, 6) is -0.0664. The van der Waals surface area contributed by atoms with Gasteiger partial charge in [-0.2, -0.15) is 0 Å². The minimum atomic E-state index is -0.340. The van der Waals surface area contributed by atoms with Crippen LogP contribution in [0.2, 0.25) is 0 Å². The Morgan fingerprint density at radius 1 is 1.13 bits per heavy atom. The third-order valence-electron chi connectivity index (χ3n) is 1.71. The Morgan fingerprint density at radius 2 is 1.80 bits per heavy atom. The first-order valence-electron chi connectivity index (χ1n) is 5.00. The lowest BCUT2D eigenvalue weighted by molar-refractivity contribution is -0.0166. The van der Waals surface area contributed by atoms with Crippen molar-refractivity contribution in [3.8, 4) is 5.75 Å². The summed E-state index contributed by atoms with van der Waals surface area (Å²) in [7, 11) is 0. The highest BCUT2D eigenvalue weighted by atomic mass is 19.1. The molecule has 0 aliphatic heterocycles. The van der Waals surface area contributed by atoms with Crippen molar-refractivity contribution in [3.05, 3.63) is 30.1 Å². The average molecular weight is 212 g/mol. The molecule has 1 rings (SSSR count). The van der Waals surface area contributed by atoms with Crippen LogP contribution in [0.5, 0.6) is 5.75 Å². The Morgan fingerprint density at radius 3 is 2.40 bits per heavy atom. The van der Waals surface area contributed by atoms with Crippen LogP contribution in [0.15, 0.2) is 24.3 Å². The molecule has 3 heteroatoms. The third-order valence-corrected chi connectivity index (χ3v) is 1.71. The van der Waals surface area contributed by atoms with Crippen molar-refractivity contribution in [1.82, 2.24) is 0 Å². The Bertz CT molecular complexity index is 305. The Balaban J connectivity index is 2.30. The monoisotopic (exact) mass is 212 g/mol. The molecule has 0 N–H and O–H groups in total. The van der Waals surface area contributed by atoms with Crippen molar-refractivity contribution in [2.75, 3.05) is 13.2 Å². The van der Waals surface area contributed by atoms with E-state index in [1.165, 1.54) is 6.07 Å². The Hall–Kier alpha value is -1.09. The lowest BCUT2D eigenvalue weighted by Crippen LogP contribution is -2.22. The summed E-state index contributed by atoms with van der Waals surface area (Å²) in [4.78, 5) is 0. The van der Waals surface area contributed by atoms with Crippen molar-refractivity contribution in [2.24, 2.45) is 0 Å². The molecule has 0 saturated heterocycles. The predicted molar refractivity (Wildman–Crippen MR) is 57.6 cm³/mol. The fourth-order valence-corrected chi connectivity index (χ4v) is 1.06. The molecule has 0 aliphatic carbocycles. The largest absolute Gasteiger partial charge is 0.488 e. The van der Waals surface area contributed by atoms with Crippen molar-refractivity contribution >= 4 is 0 Å². The number of hydrogen-bond donors (Lipinski definition) is 0. The molecule has 0 heterocycles. The molecule has 0 unspecified atom stereocenters. The zero-order valence-corrected chi connectivity index (χ0v) is 9.42. The van der Waals surface area contributed by atoms with Crippen molar-refractivity contribution in [3.63, 3.8) is 0 Å². The predicted octanol–water partition coefficient (Wildman–Crippen LogP) is 3.02. The number of ether oxygens (including phenoxy) is 2. The quantitative estimate of drug-likeness (QED) is 0.714. The van der Waals surface area contributed by atoms with Gasteiger partial charge in [0.1, 0.15) is 6.61 Å². The first-order valence-corrected chi connectivity index (χ1v) is 5.00. The van der Waals surface area contributed by atoms with Crippen LogP contribution in [0.1, 0.15) is 20.8 Å². The summed E-state index contributed by atoms with van der Waals surface area (Å²) in [6.45, 7) is 6.72. The van der Waals surface area contributed by atoms with Crippen LogP contribution in [-0.2, 0) is 4.74 Å². The topological polar surface area (TPSA) is 18.5 Å². The van der Waals surface area contributed by atoms with Crippen LogP contribution in [0.4, 0.5) is 4.39 Å². The van der Waals surface area contributed by atoms with Crippen LogP contribution in [0, 0.1) is 5.82 Å². The Labute approximate surface area is 90.0 Å². The second-order valence-electron chi connectivity index (χ2n) is 4.24. The summed E-state index contributed by atoms with van der Waals surface area (Å²) in [6, 6.07) is 6.35. The van der Waals surface area contributed by atoms with E-state index < -0.39 is 0 Å². The van der Waals surface area contributed by atoms with Crippen LogP contribution in [-0.4, -0.2) is 18.8 Å². The van der Waals surface area contributed by atoms with Gasteiger partial charge in [-0.1, -0.05) is 12.1 Å². The van der Waals surface area contributed by atoms with Crippen molar-refractivity contribution < 1.29 is 13.9 Å². The molecule has 15 heavy (non-hydrogen) atoms. The number of halogens is 1. The molecule has 84 valence electrons. The maximum Gasteiger partial charge on any atom is 0.165 e. The van der Waals surface area contributed by atoms with Gasteiger partial charge in [0.15, 0.2) is 11.6 Å². The van der Waals surface area contributed by atoms with E-state index in [4.69, 9.17) is 9.47 Å². The zero-order chi connectivity index (χ0) is 11.3. The SMILES string of the molecule is CC(C)(C)OCCOc1ccccc1F. The highest BCUT2D eigenvalue weighted by Gasteiger charge is 2.09. The van der Waals surface area contributed by atoms with Gasteiger partial charge in [0.25, 0.3) is 0 Å². The van der Waals surface area contributed by atoms with Gasteiger partial charge >= 0.3 is 0 Å². The minimum Gasteiger partial charge on any atom is -0.488 e. The first-order chi connectivity index (χ1) is 6.99. The highest BCUT2D eigenvalue weighted by Crippen LogP contribution is 2.15. The number of para-hydroxylation sites is 1. The fourth-order valence-electron chi connectivity index (χ4n) is 1.06. The van der Waals surface area contributed by atoms with Gasteiger partial charge < -0.3 is 9.47 Å². The van der Waals surface area contributed by atoms with E-state index in [2.05, 4.69) is 0 Å². The molecular formula is C12H17FO2. The molecule has 0 radical (unpaired) electrons. The van der Waals surface area contributed by atoms with E-state index in [0.717, 1.165) is 0 Å². The second kappa shape index (κ2) is 5.12. The molecule has 0 atom stereocenters. The standard InChI is InChI=1S/C12H17FO2/c1-12(2,3)15-9-8-14-11-7-5-4-6-10(11)13/h4-7H,8-9H2,1-3H3. The number of benzene rings is 1. The first kappa shape index (κ1) is 12.0. The van der Waals surface area contributed by atoms with E-state index in [1.54, 1.807) is 18.2 Å². The van der Waals surface area contributed by atoms with E-state index in [-0.39, 0.29) is 17.2 Å². The molecule has 0 fully saturated rings. The second-order valence-corrected chi connectivity index (χ2v) is 4.24. The Kier molecular flexibility index (Phi) is 4.09. The van der Waals surface area contributed by atoms with Crippen molar-refractivity contribution in [1.29, 1.82) is 0 Å². The lowest BCUT2D eigenvalue weighted by atomic mass is 10.2. The maximum atomic E-state index is 13.1. The molecule has 1 aromatic carbocycles. The zero-order valence-electron chi connectivity index (χ0n) is 9.42. The van der Waals surface area contributed by atoms with Gasteiger partial charge in [-0.05, 0) is 32.9 Å². The summed E-state index contributed by atoms with van der Waals surface area (Å²) < 4.78 is 23.8. The molecule has 0 aliphatic rings. The van der Waals surface area contributed by atoms with Gasteiger partial charge in [0, 0.05) is 0 Å². The van der Waals surface area contributed by atoms with Crippen molar-refractivity contribution in [2.45, 2.75) is 26.4 Å². The van der Waals surface area contributed by atoms with Crippen LogP contribution in [0.3, 0.4) is 0 Å². The summed E-state index contributed by atoms with van der Waals surface area (Å²) in [5, 5.41) is 0. The normalized spacial score (nSPS) is 11.5. The summed E-state index contributed by atoms with van der Waals surface area (Å²) >= 11 is 0. The van der Waals surface area contributed by atoms with Crippen LogP contribution >= 0.6 is 0 Å². The minimum absolute atomic E-state index is 0.182. The van der Waals surface area contributed by atoms with Gasteiger partial charge in [-0.15, -0.1) is 0 Å². The van der Waals surface area contributed by atoms with E-state index in [9.17, 15) is 4.39 Å². The smallest absolute Gasteiger partial charge is 0.165 e. The van der Waals surface area contributed by atoms with E-state index in [0.29, 0.717) is 13.2 Å². The molecule has 0 saturated carbocycles. The molecule has 0 bridgehead atoms. The summed E-state index contributed by atoms with van der Waals surface area (Å²) in [5.41, 5.74) is -0.182. The third kappa shape index (κ3) is 4.79. The van der Waals surface area contributed by atoms with Crippen LogP contribution in [0.25, 0.3) is 0 Å². The molecule has 0 spiro atoms. The molecular weight excluding hydrogens is 195 g/mol. The molecule has 1 aromatic rings. The summed E-state index contributed by atoms with van der Waals surface area (Å²) in [6.07, 6.45) is 0. The highest BCUT2D eigenvalue weighted by molar-refractivity contribution is 5.23. The number of rotatable bonds is 4. The van der Waals surface area contributed by atoms with Gasteiger partial charge in [0.05, 0.1) is 12.2 Å². The fraction of sp³-hybridized carbons (Fsp3) is 0.500. The van der Waals surface area contributed by atoms with Gasteiger partial charge in [0.2, 0.25) is 0 Å². The lowest BCUT2D eigenvalue weighted by Gasteiger charge is -2.19. The van der Waals surface area contributed by atoms with E-state index >= 15 is 0 Å². The molecule has 2 nitrogen and oxygen atoms in total. The maximum absolute atomic E-state index is 13.1. The van der Waals surface area contributed by atoms with E-state index in [1.807, 2.05) is 20.8 Å². The van der Waals surface area contributed by atoms with Gasteiger partial charge in [-0.3, -0.25) is 0 Å². The number of hydrogen-bond acceptors (Lipinski definition) is 2. The average Bonchev–Trinajstić information content (AvgIpc) is 2.13. The van der Waals surface area contributed by atoms with Crippen LogP contribution < -0.4 is 4.74 Å². The van der Waals surface area contributed by atoms with Gasteiger partial charge in [-0.25, -0.2) is 4.39 Å². The molecule has 0 aromatic heterocycles. The molecule has 0 amide bonds.